The lowest BCUT2D eigenvalue weighted by Crippen LogP contribution is -2.26. The van der Waals surface area contributed by atoms with E-state index in [-0.39, 0.29) is 5.91 Å². The lowest BCUT2D eigenvalue weighted by Gasteiger charge is -2.18. The maximum atomic E-state index is 12.3. The third-order valence-electron chi connectivity index (χ3n) is 3.39. The van der Waals surface area contributed by atoms with E-state index < -0.39 is 0 Å². The Labute approximate surface area is 125 Å². The van der Waals surface area contributed by atoms with Crippen LogP contribution in [0.5, 0.6) is 5.75 Å². The van der Waals surface area contributed by atoms with E-state index in [0.29, 0.717) is 12.8 Å². The van der Waals surface area contributed by atoms with Crippen molar-refractivity contribution in [3.05, 3.63) is 54.1 Å². The van der Waals surface area contributed by atoms with Gasteiger partial charge in [-0.05, 0) is 36.2 Å². The molecule has 1 amide bonds. The zero-order valence-electron chi connectivity index (χ0n) is 12.4. The number of hydrogen-bond acceptors (Lipinski definition) is 3. The first kappa shape index (κ1) is 14.9. The summed E-state index contributed by atoms with van der Waals surface area (Å²) in [6.45, 7) is 0. The summed E-state index contributed by atoms with van der Waals surface area (Å²) in [5.74, 6) is 0.800. The van der Waals surface area contributed by atoms with Crippen LogP contribution in [0, 0.1) is 0 Å². The third-order valence-corrected chi connectivity index (χ3v) is 3.39. The monoisotopic (exact) mass is 284 g/mol. The third kappa shape index (κ3) is 3.99. The minimum absolute atomic E-state index is 0.0608. The number of carbonyl (C=O) groups excluding carboxylic acids is 1. The first-order valence-corrected chi connectivity index (χ1v) is 6.85. The van der Waals surface area contributed by atoms with Crippen molar-refractivity contribution in [3.63, 3.8) is 0 Å². The second-order valence-electron chi connectivity index (χ2n) is 4.90. The fourth-order valence-corrected chi connectivity index (χ4v) is 2.13. The van der Waals surface area contributed by atoms with Crippen LogP contribution < -0.4 is 15.4 Å². The summed E-state index contributed by atoms with van der Waals surface area (Å²) < 4.78 is 5.18. The lowest BCUT2D eigenvalue weighted by atomic mass is 10.1. The van der Waals surface area contributed by atoms with Gasteiger partial charge >= 0.3 is 0 Å². The summed E-state index contributed by atoms with van der Waals surface area (Å²) in [5.41, 5.74) is 8.36. The first-order valence-electron chi connectivity index (χ1n) is 6.85. The van der Waals surface area contributed by atoms with Crippen molar-refractivity contribution in [1.29, 1.82) is 0 Å². The summed E-state index contributed by atoms with van der Waals surface area (Å²) in [7, 11) is 3.39. The number of nitrogens with zero attached hydrogens (tertiary/aromatic N) is 1. The number of aryl methyl sites for hydroxylation is 1. The van der Waals surface area contributed by atoms with Crippen LogP contribution in [0.1, 0.15) is 12.0 Å². The average Bonchev–Trinajstić information content (AvgIpc) is 2.52. The van der Waals surface area contributed by atoms with Crippen molar-refractivity contribution in [2.24, 2.45) is 0 Å². The number of anilines is 2. The van der Waals surface area contributed by atoms with Gasteiger partial charge in [0.15, 0.2) is 0 Å². The van der Waals surface area contributed by atoms with Crippen LogP contribution in [-0.4, -0.2) is 20.1 Å². The molecule has 0 atom stereocenters. The quantitative estimate of drug-likeness (QED) is 0.859. The van der Waals surface area contributed by atoms with Gasteiger partial charge in [0, 0.05) is 30.9 Å². The molecule has 0 unspecified atom stereocenters. The number of amides is 1. The Bertz CT molecular complexity index is 626. The van der Waals surface area contributed by atoms with E-state index in [9.17, 15) is 4.79 Å². The molecule has 2 aromatic carbocycles. The van der Waals surface area contributed by atoms with Gasteiger partial charge < -0.3 is 15.4 Å². The van der Waals surface area contributed by atoms with Crippen molar-refractivity contribution in [2.45, 2.75) is 12.8 Å². The molecule has 0 radical (unpaired) electrons. The number of benzene rings is 2. The molecule has 0 saturated carbocycles. The zero-order chi connectivity index (χ0) is 15.2. The Hall–Kier alpha value is -2.49. The normalized spacial score (nSPS) is 10.2. The predicted molar refractivity (Wildman–Crippen MR) is 85.6 cm³/mol. The number of carbonyl (C=O) groups is 1. The second-order valence-corrected chi connectivity index (χ2v) is 4.90. The van der Waals surface area contributed by atoms with E-state index in [1.165, 1.54) is 0 Å². The largest absolute Gasteiger partial charge is 0.497 e. The van der Waals surface area contributed by atoms with Gasteiger partial charge in [-0.3, -0.25) is 4.79 Å². The summed E-state index contributed by atoms with van der Waals surface area (Å²) >= 11 is 0. The molecular formula is C17H20N2O2. The Morgan fingerprint density at radius 1 is 1.19 bits per heavy atom. The molecule has 110 valence electrons. The van der Waals surface area contributed by atoms with Gasteiger partial charge in [0.25, 0.3) is 0 Å². The number of nitrogens with two attached hydrogens (primary N) is 1. The van der Waals surface area contributed by atoms with Crippen LogP contribution in [0.2, 0.25) is 0 Å². The molecule has 21 heavy (non-hydrogen) atoms. The fourth-order valence-electron chi connectivity index (χ4n) is 2.13. The smallest absolute Gasteiger partial charge is 0.227 e. The van der Waals surface area contributed by atoms with Crippen molar-refractivity contribution >= 4 is 17.3 Å². The van der Waals surface area contributed by atoms with Crippen LogP contribution >= 0.6 is 0 Å². The number of methoxy groups -OCH3 is 1. The molecule has 2 aromatic rings. The van der Waals surface area contributed by atoms with E-state index in [4.69, 9.17) is 10.5 Å². The molecule has 2 rings (SSSR count). The molecule has 0 aliphatic rings. The summed E-state index contributed by atoms with van der Waals surface area (Å²) in [4.78, 5) is 13.9. The van der Waals surface area contributed by atoms with E-state index in [1.807, 2.05) is 48.5 Å². The second kappa shape index (κ2) is 6.79. The summed E-state index contributed by atoms with van der Waals surface area (Å²) in [6.07, 6.45) is 1.12. The van der Waals surface area contributed by atoms with Gasteiger partial charge in [-0.2, -0.15) is 0 Å². The number of nitrogen functional groups attached to an aromatic ring is 1. The van der Waals surface area contributed by atoms with Crippen LogP contribution in [0.15, 0.2) is 48.5 Å². The maximum absolute atomic E-state index is 12.3. The van der Waals surface area contributed by atoms with Gasteiger partial charge in [-0.25, -0.2) is 0 Å². The standard InChI is InChI=1S/C17H20N2O2/c1-19(15-7-4-8-16(12-15)21-2)17(20)10-9-13-5-3-6-14(18)11-13/h3-8,11-12H,9-10,18H2,1-2H3. The number of hydrogen-bond donors (Lipinski definition) is 1. The lowest BCUT2D eigenvalue weighted by molar-refractivity contribution is -0.118. The molecule has 0 aromatic heterocycles. The maximum Gasteiger partial charge on any atom is 0.227 e. The van der Waals surface area contributed by atoms with Crippen LogP contribution in [0.4, 0.5) is 11.4 Å². The van der Waals surface area contributed by atoms with Gasteiger partial charge in [-0.15, -0.1) is 0 Å². The average molecular weight is 284 g/mol. The highest BCUT2D eigenvalue weighted by Gasteiger charge is 2.11. The highest BCUT2D eigenvalue weighted by Crippen LogP contribution is 2.20. The first-order chi connectivity index (χ1) is 10.1. The van der Waals surface area contributed by atoms with E-state index >= 15 is 0 Å². The number of ether oxygens (including phenoxy) is 1. The molecule has 2 N–H and O–H groups in total. The highest BCUT2D eigenvalue weighted by molar-refractivity contribution is 5.93. The van der Waals surface area contributed by atoms with E-state index in [0.717, 1.165) is 22.7 Å². The highest BCUT2D eigenvalue weighted by atomic mass is 16.5. The van der Waals surface area contributed by atoms with Crippen molar-refractivity contribution < 1.29 is 9.53 Å². The van der Waals surface area contributed by atoms with Gasteiger partial charge in [0.1, 0.15) is 5.75 Å². The molecule has 0 aliphatic heterocycles. The Morgan fingerprint density at radius 3 is 2.67 bits per heavy atom. The van der Waals surface area contributed by atoms with Crippen LogP contribution in [-0.2, 0) is 11.2 Å². The van der Waals surface area contributed by atoms with E-state index in [1.54, 1.807) is 19.1 Å². The molecule has 0 spiro atoms. The molecule has 4 nitrogen and oxygen atoms in total. The minimum atomic E-state index is 0.0608. The van der Waals surface area contributed by atoms with Gasteiger partial charge in [-0.1, -0.05) is 18.2 Å². The van der Waals surface area contributed by atoms with Gasteiger partial charge in [0.2, 0.25) is 5.91 Å². The van der Waals surface area contributed by atoms with E-state index in [2.05, 4.69) is 0 Å². The van der Waals surface area contributed by atoms with Crippen molar-refractivity contribution in [1.82, 2.24) is 0 Å². The number of rotatable bonds is 5. The molecule has 0 heterocycles. The molecule has 0 saturated heterocycles. The summed E-state index contributed by atoms with van der Waals surface area (Å²) in [6, 6.07) is 15.1. The zero-order valence-corrected chi connectivity index (χ0v) is 12.4. The SMILES string of the molecule is COc1cccc(N(C)C(=O)CCc2cccc(N)c2)c1. The summed E-state index contributed by atoms with van der Waals surface area (Å²) in [5, 5.41) is 0. The Kier molecular flexibility index (Phi) is 4.82. The van der Waals surface area contributed by atoms with Crippen molar-refractivity contribution in [2.75, 3.05) is 24.8 Å². The molecular weight excluding hydrogens is 264 g/mol. The van der Waals surface area contributed by atoms with Crippen LogP contribution in [0.25, 0.3) is 0 Å². The fraction of sp³-hybridized carbons (Fsp3) is 0.235. The minimum Gasteiger partial charge on any atom is -0.497 e. The molecule has 0 fully saturated rings. The molecule has 0 aliphatic carbocycles. The topological polar surface area (TPSA) is 55.6 Å². The molecule has 4 heteroatoms. The Balaban J connectivity index is 1.99. The van der Waals surface area contributed by atoms with Gasteiger partial charge in [0.05, 0.1) is 7.11 Å². The predicted octanol–water partition coefficient (Wildman–Crippen LogP) is 2.87. The van der Waals surface area contributed by atoms with Crippen LogP contribution in [0.3, 0.4) is 0 Å². The van der Waals surface area contributed by atoms with Crippen molar-refractivity contribution in [3.8, 4) is 5.75 Å². The molecule has 0 bridgehead atoms. The Morgan fingerprint density at radius 2 is 1.95 bits per heavy atom.